The zero-order chi connectivity index (χ0) is 8.57. The molecule has 4 nitrogen and oxygen atoms in total. The number of carbonyl (C=O) groups is 1. The van der Waals surface area contributed by atoms with Crippen molar-refractivity contribution in [3.8, 4) is 0 Å². The summed E-state index contributed by atoms with van der Waals surface area (Å²) >= 11 is 0. The minimum Gasteiger partial charge on any atom is -0.312 e. The fourth-order valence-corrected chi connectivity index (χ4v) is 0.0645. The molecule has 0 aliphatic carbocycles. The fraction of sp³-hybridized carbons (Fsp3) is 0.833. The lowest BCUT2D eigenvalue weighted by Gasteiger charge is -1.90. The molecule has 0 saturated heterocycles. The molecule has 1 N–H and O–H groups in total. The number of carbonyl (C=O) groups excluding carboxylic acids is 1. The molecule has 0 aliphatic rings. The molecule has 0 unspecified atom stereocenters. The molecule has 0 aromatic rings. The molecule has 0 aromatic heterocycles. The second-order valence-corrected chi connectivity index (χ2v) is 2.16. The first-order valence-corrected chi connectivity index (χ1v) is 2.99. The first kappa shape index (κ1) is 12.1. The standard InChI is InChI=1S/C3H9N.C3H6O3/c1-4(2)3;1-2-3(4)6-5/h1-3H3;5H,2H2,1H3. The SMILES string of the molecule is CCC(=O)OO.CN(C)C. The van der Waals surface area contributed by atoms with Gasteiger partial charge in [-0.05, 0) is 21.1 Å². The van der Waals surface area contributed by atoms with Crippen LogP contribution in [0.4, 0.5) is 0 Å². The zero-order valence-electron chi connectivity index (χ0n) is 6.92. The van der Waals surface area contributed by atoms with Crippen LogP contribution in [-0.4, -0.2) is 37.3 Å². The van der Waals surface area contributed by atoms with Gasteiger partial charge in [0.05, 0.1) is 0 Å². The normalized spacial score (nSPS) is 8.20. The predicted molar refractivity (Wildman–Crippen MR) is 38.6 cm³/mol. The van der Waals surface area contributed by atoms with Crippen molar-refractivity contribution in [1.82, 2.24) is 4.90 Å². The van der Waals surface area contributed by atoms with Crippen LogP contribution >= 0.6 is 0 Å². The highest BCUT2D eigenvalue weighted by atomic mass is 17.1. The van der Waals surface area contributed by atoms with Crippen molar-refractivity contribution in [1.29, 1.82) is 0 Å². The van der Waals surface area contributed by atoms with E-state index in [1.54, 1.807) is 6.92 Å². The molecule has 0 atom stereocenters. The summed E-state index contributed by atoms with van der Waals surface area (Å²) in [5.41, 5.74) is 0. The third-order valence-corrected chi connectivity index (χ3v) is 0.390. The van der Waals surface area contributed by atoms with Crippen molar-refractivity contribution < 1.29 is 14.9 Å². The lowest BCUT2D eigenvalue weighted by molar-refractivity contribution is -0.233. The van der Waals surface area contributed by atoms with Crippen LogP contribution in [-0.2, 0) is 9.68 Å². The zero-order valence-corrected chi connectivity index (χ0v) is 6.92. The van der Waals surface area contributed by atoms with E-state index in [4.69, 9.17) is 5.26 Å². The van der Waals surface area contributed by atoms with E-state index in [-0.39, 0.29) is 6.42 Å². The molecule has 0 heterocycles. The van der Waals surface area contributed by atoms with E-state index in [2.05, 4.69) is 4.89 Å². The van der Waals surface area contributed by atoms with Gasteiger partial charge in [-0.3, -0.25) is 0 Å². The highest BCUT2D eigenvalue weighted by molar-refractivity contribution is 5.67. The summed E-state index contributed by atoms with van der Waals surface area (Å²) in [6.07, 6.45) is 0.219. The summed E-state index contributed by atoms with van der Waals surface area (Å²) in [5.74, 6) is -0.602. The van der Waals surface area contributed by atoms with E-state index in [1.165, 1.54) is 0 Å². The third-order valence-electron chi connectivity index (χ3n) is 0.390. The molecule has 0 radical (unpaired) electrons. The van der Waals surface area contributed by atoms with Gasteiger partial charge in [0.2, 0.25) is 0 Å². The molecule has 0 bridgehead atoms. The first-order valence-electron chi connectivity index (χ1n) is 2.99. The van der Waals surface area contributed by atoms with Gasteiger partial charge >= 0.3 is 5.97 Å². The summed E-state index contributed by atoms with van der Waals surface area (Å²) < 4.78 is 0. The van der Waals surface area contributed by atoms with Crippen LogP contribution in [0.15, 0.2) is 0 Å². The lowest BCUT2D eigenvalue weighted by atomic mass is 10.5. The summed E-state index contributed by atoms with van der Waals surface area (Å²) in [7, 11) is 6.00. The molecule has 62 valence electrons. The van der Waals surface area contributed by atoms with Crippen molar-refractivity contribution in [2.75, 3.05) is 21.1 Å². The Morgan fingerprint density at radius 1 is 1.50 bits per heavy atom. The van der Waals surface area contributed by atoms with Crippen LogP contribution in [0.3, 0.4) is 0 Å². The van der Waals surface area contributed by atoms with Crippen LogP contribution in [0.2, 0.25) is 0 Å². The Hall–Kier alpha value is -0.610. The summed E-state index contributed by atoms with van der Waals surface area (Å²) in [6, 6.07) is 0. The van der Waals surface area contributed by atoms with Crippen LogP contribution in [0, 0.1) is 0 Å². The van der Waals surface area contributed by atoms with Gasteiger partial charge in [0.1, 0.15) is 0 Å². The number of nitrogens with zero attached hydrogens (tertiary/aromatic N) is 1. The summed E-state index contributed by atoms with van der Waals surface area (Å²) in [4.78, 5) is 15.0. The van der Waals surface area contributed by atoms with E-state index in [0.29, 0.717) is 0 Å². The van der Waals surface area contributed by atoms with Gasteiger partial charge in [-0.25, -0.2) is 4.79 Å². The van der Waals surface area contributed by atoms with Gasteiger partial charge in [0.15, 0.2) is 0 Å². The Kier molecular flexibility index (Phi) is 10.2. The molecule has 0 saturated carbocycles. The van der Waals surface area contributed by atoms with E-state index in [1.807, 2.05) is 26.0 Å². The van der Waals surface area contributed by atoms with Gasteiger partial charge in [-0.1, -0.05) is 6.92 Å². The minimum absolute atomic E-state index is 0.219. The smallest absolute Gasteiger partial charge is 0.312 e. The molecule has 0 spiro atoms. The maximum atomic E-state index is 9.71. The second kappa shape index (κ2) is 8.39. The van der Waals surface area contributed by atoms with Crippen LogP contribution in [0.25, 0.3) is 0 Å². The topological polar surface area (TPSA) is 49.8 Å². The van der Waals surface area contributed by atoms with Gasteiger partial charge < -0.3 is 9.79 Å². The highest BCUT2D eigenvalue weighted by Gasteiger charge is 1.90. The van der Waals surface area contributed by atoms with Crippen LogP contribution < -0.4 is 0 Å². The van der Waals surface area contributed by atoms with E-state index < -0.39 is 5.97 Å². The van der Waals surface area contributed by atoms with E-state index in [0.717, 1.165) is 0 Å². The van der Waals surface area contributed by atoms with Crippen molar-refractivity contribution in [2.24, 2.45) is 0 Å². The lowest BCUT2D eigenvalue weighted by Crippen LogP contribution is -1.99. The van der Waals surface area contributed by atoms with Crippen molar-refractivity contribution in [3.63, 3.8) is 0 Å². The van der Waals surface area contributed by atoms with Crippen molar-refractivity contribution in [3.05, 3.63) is 0 Å². The Labute approximate surface area is 61.3 Å². The molecule has 0 fully saturated rings. The second-order valence-electron chi connectivity index (χ2n) is 2.16. The van der Waals surface area contributed by atoms with Gasteiger partial charge in [0.25, 0.3) is 0 Å². The van der Waals surface area contributed by atoms with Crippen molar-refractivity contribution in [2.45, 2.75) is 13.3 Å². The average molecular weight is 149 g/mol. The number of rotatable bonds is 1. The summed E-state index contributed by atoms with van der Waals surface area (Å²) in [5, 5.41) is 7.49. The molecule has 0 rings (SSSR count). The Bertz CT molecular complexity index is 74.3. The van der Waals surface area contributed by atoms with E-state index in [9.17, 15) is 4.79 Å². The monoisotopic (exact) mass is 149 g/mol. The maximum Gasteiger partial charge on any atom is 0.341 e. The third kappa shape index (κ3) is 26.3. The molecule has 0 amide bonds. The fourth-order valence-electron chi connectivity index (χ4n) is 0.0645. The maximum absolute atomic E-state index is 9.71. The largest absolute Gasteiger partial charge is 0.341 e. The average Bonchev–Trinajstić information content (AvgIpc) is 1.85. The van der Waals surface area contributed by atoms with Crippen molar-refractivity contribution >= 4 is 5.97 Å². The van der Waals surface area contributed by atoms with Crippen LogP contribution in [0.5, 0.6) is 0 Å². The highest BCUT2D eigenvalue weighted by Crippen LogP contribution is 1.75. The molecule has 0 aromatic carbocycles. The van der Waals surface area contributed by atoms with Gasteiger partial charge in [0, 0.05) is 6.42 Å². The first-order chi connectivity index (χ1) is 4.54. The molecule has 0 aliphatic heterocycles. The molecule has 4 heteroatoms. The molecule has 10 heavy (non-hydrogen) atoms. The quantitative estimate of drug-likeness (QED) is 0.438. The van der Waals surface area contributed by atoms with Gasteiger partial charge in [-0.2, -0.15) is 5.26 Å². The van der Waals surface area contributed by atoms with E-state index >= 15 is 0 Å². The van der Waals surface area contributed by atoms with Gasteiger partial charge in [-0.15, -0.1) is 0 Å². The molecular weight excluding hydrogens is 134 g/mol. The Morgan fingerprint density at radius 3 is 1.80 bits per heavy atom. The number of hydrogen-bond acceptors (Lipinski definition) is 4. The molecular formula is C6H15NO3. The van der Waals surface area contributed by atoms with Crippen LogP contribution in [0.1, 0.15) is 13.3 Å². The Morgan fingerprint density at radius 2 is 1.80 bits per heavy atom. The predicted octanol–water partition coefficient (Wildman–Crippen LogP) is 0.590. The number of hydrogen-bond donors (Lipinski definition) is 1. The Balaban J connectivity index is 0. The summed E-state index contributed by atoms with van der Waals surface area (Å²) in [6.45, 7) is 1.60. The minimum atomic E-state index is -0.602.